The fourth-order valence-corrected chi connectivity index (χ4v) is 1.71. The highest BCUT2D eigenvalue weighted by atomic mass is 16.5. The van der Waals surface area contributed by atoms with Gasteiger partial charge in [-0.15, -0.1) is 0 Å². The number of pyridine rings is 1. The standard InChI is InChI=1S/C15H24N2O3/c1-11(2)5-7-15(3,19)10-17-14(18)13-9-12(20-4)6-8-16-13/h6,8-9,11,19H,5,7,10H2,1-4H3,(H,17,18). The third-order valence-electron chi connectivity index (χ3n) is 3.09. The second kappa shape index (κ2) is 7.24. The first kappa shape index (κ1) is 16.4. The summed E-state index contributed by atoms with van der Waals surface area (Å²) in [5.41, 5.74) is -0.622. The Labute approximate surface area is 120 Å². The minimum atomic E-state index is -0.904. The lowest BCUT2D eigenvalue weighted by Crippen LogP contribution is -2.41. The summed E-state index contributed by atoms with van der Waals surface area (Å²) in [6, 6.07) is 3.24. The van der Waals surface area contributed by atoms with E-state index in [2.05, 4.69) is 24.1 Å². The summed E-state index contributed by atoms with van der Waals surface area (Å²) >= 11 is 0. The minimum absolute atomic E-state index is 0.206. The Hall–Kier alpha value is -1.62. The zero-order chi connectivity index (χ0) is 15.2. The van der Waals surface area contributed by atoms with Gasteiger partial charge in [0, 0.05) is 18.8 Å². The third-order valence-corrected chi connectivity index (χ3v) is 3.09. The van der Waals surface area contributed by atoms with E-state index in [1.165, 1.54) is 13.3 Å². The Morgan fingerprint density at radius 3 is 2.85 bits per heavy atom. The van der Waals surface area contributed by atoms with Crippen LogP contribution in [0.4, 0.5) is 0 Å². The third kappa shape index (κ3) is 5.57. The predicted molar refractivity (Wildman–Crippen MR) is 77.8 cm³/mol. The summed E-state index contributed by atoms with van der Waals surface area (Å²) in [6.07, 6.45) is 3.08. The largest absolute Gasteiger partial charge is 0.497 e. The lowest BCUT2D eigenvalue weighted by atomic mass is 9.95. The van der Waals surface area contributed by atoms with Gasteiger partial charge in [0.1, 0.15) is 11.4 Å². The average molecular weight is 280 g/mol. The first-order chi connectivity index (χ1) is 9.34. The van der Waals surface area contributed by atoms with E-state index in [-0.39, 0.29) is 18.1 Å². The predicted octanol–water partition coefficient (Wildman–Crippen LogP) is 2.01. The van der Waals surface area contributed by atoms with Crippen LogP contribution in [0.15, 0.2) is 18.3 Å². The van der Waals surface area contributed by atoms with Crippen molar-refractivity contribution in [1.29, 1.82) is 0 Å². The molecule has 0 aromatic carbocycles. The molecule has 0 saturated carbocycles. The van der Waals surface area contributed by atoms with Crippen LogP contribution < -0.4 is 10.1 Å². The van der Waals surface area contributed by atoms with Crippen LogP contribution in [-0.4, -0.2) is 35.3 Å². The van der Waals surface area contributed by atoms with Gasteiger partial charge in [0.05, 0.1) is 12.7 Å². The van der Waals surface area contributed by atoms with Crippen LogP contribution in [0.5, 0.6) is 5.75 Å². The molecule has 1 heterocycles. The molecule has 5 nitrogen and oxygen atoms in total. The smallest absolute Gasteiger partial charge is 0.270 e. The van der Waals surface area contributed by atoms with Gasteiger partial charge in [-0.25, -0.2) is 0 Å². The Morgan fingerprint density at radius 2 is 2.25 bits per heavy atom. The number of methoxy groups -OCH3 is 1. The molecule has 1 unspecified atom stereocenters. The van der Waals surface area contributed by atoms with Gasteiger partial charge in [-0.2, -0.15) is 0 Å². The highest BCUT2D eigenvalue weighted by Gasteiger charge is 2.22. The number of amides is 1. The van der Waals surface area contributed by atoms with E-state index in [1.807, 2.05) is 0 Å². The molecular formula is C15H24N2O3. The number of rotatable bonds is 7. The monoisotopic (exact) mass is 280 g/mol. The van der Waals surface area contributed by atoms with Crippen molar-refractivity contribution in [2.24, 2.45) is 5.92 Å². The number of hydrogen-bond donors (Lipinski definition) is 2. The maximum atomic E-state index is 12.0. The van der Waals surface area contributed by atoms with Crippen molar-refractivity contribution in [3.05, 3.63) is 24.0 Å². The molecule has 1 rings (SSSR count). The van der Waals surface area contributed by atoms with Gasteiger partial charge in [0.25, 0.3) is 5.91 Å². The van der Waals surface area contributed by atoms with E-state index in [9.17, 15) is 9.90 Å². The van der Waals surface area contributed by atoms with E-state index in [4.69, 9.17) is 4.74 Å². The van der Waals surface area contributed by atoms with Gasteiger partial charge in [0.2, 0.25) is 0 Å². The number of aromatic nitrogens is 1. The quantitative estimate of drug-likeness (QED) is 0.801. The van der Waals surface area contributed by atoms with Gasteiger partial charge in [0.15, 0.2) is 0 Å². The van der Waals surface area contributed by atoms with Crippen molar-refractivity contribution >= 4 is 5.91 Å². The van der Waals surface area contributed by atoms with Crippen molar-refractivity contribution in [3.8, 4) is 5.75 Å². The lowest BCUT2D eigenvalue weighted by molar-refractivity contribution is 0.0428. The zero-order valence-corrected chi connectivity index (χ0v) is 12.6. The topological polar surface area (TPSA) is 71.5 Å². The fourth-order valence-electron chi connectivity index (χ4n) is 1.71. The number of carbonyl (C=O) groups excluding carboxylic acids is 1. The van der Waals surface area contributed by atoms with Crippen molar-refractivity contribution in [3.63, 3.8) is 0 Å². The normalized spacial score (nSPS) is 13.9. The average Bonchev–Trinajstić information content (AvgIpc) is 2.43. The number of aliphatic hydroxyl groups is 1. The molecule has 2 N–H and O–H groups in total. The summed E-state index contributed by atoms with van der Waals surface area (Å²) in [4.78, 5) is 15.9. The van der Waals surface area contributed by atoms with Gasteiger partial charge < -0.3 is 15.2 Å². The molecule has 5 heteroatoms. The van der Waals surface area contributed by atoms with Crippen LogP contribution in [0.2, 0.25) is 0 Å². The maximum Gasteiger partial charge on any atom is 0.270 e. The summed E-state index contributed by atoms with van der Waals surface area (Å²) in [7, 11) is 1.54. The molecule has 0 saturated heterocycles. The molecular weight excluding hydrogens is 256 g/mol. The van der Waals surface area contributed by atoms with Crippen LogP contribution >= 0.6 is 0 Å². The molecule has 1 amide bonds. The first-order valence-corrected chi connectivity index (χ1v) is 6.84. The molecule has 0 radical (unpaired) electrons. The maximum absolute atomic E-state index is 12.0. The van der Waals surface area contributed by atoms with E-state index in [0.717, 1.165) is 6.42 Å². The Morgan fingerprint density at radius 1 is 1.55 bits per heavy atom. The fraction of sp³-hybridized carbons (Fsp3) is 0.600. The second-order valence-electron chi connectivity index (χ2n) is 5.69. The van der Waals surface area contributed by atoms with Crippen molar-refractivity contribution < 1.29 is 14.6 Å². The van der Waals surface area contributed by atoms with Crippen LogP contribution in [-0.2, 0) is 0 Å². The number of hydrogen-bond acceptors (Lipinski definition) is 4. The van der Waals surface area contributed by atoms with Gasteiger partial charge in [-0.1, -0.05) is 13.8 Å². The van der Waals surface area contributed by atoms with E-state index < -0.39 is 5.60 Å². The summed E-state index contributed by atoms with van der Waals surface area (Å²) in [5, 5.41) is 12.9. The molecule has 112 valence electrons. The van der Waals surface area contributed by atoms with Gasteiger partial charge in [-0.3, -0.25) is 9.78 Å². The van der Waals surface area contributed by atoms with Gasteiger partial charge in [-0.05, 0) is 31.7 Å². The number of nitrogens with zero attached hydrogens (tertiary/aromatic N) is 1. The van der Waals surface area contributed by atoms with Gasteiger partial charge >= 0.3 is 0 Å². The van der Waals surface area contributed by atoms with Crippen molar-refractivity contribution in [2.75, 3.05) is 13.7 Å². The Balaban J connectivity index is 2.53. The number of ether oxygens (including phenoxy) is 1. The zero-order valence-electron chi connectivity index (χ0n) is 12.6. The van der Waals surface area contributed by atoms with E-state index in [1.54, 1.807) is 19.1 Å². The molecule has 0 spiro atoms. The Bertz CT molecular complexity index is 444. The van der Waals surface area contributed by atoms with Crippen LogP contribution in [0, 0.1) is 5.92 Å². The lowest BCUT2D eigenvalue weighted by Gasteiger charge is -2.24. The van der Waals surface area contributed by atoms with Crippen molar-refractivity contribution in [1.82, 2.24) is 10.3 Å². The highest BCUT2D eigenvalue weighted by Crippen LogP contribution is 2.16. The molecule has 0 aliphatic rings. The molecule has 1 atom stereocenters. The summed E-state index contributed by atoms with van der Waals surface area (Å²) in [5.74, 6) is 0.794. The second-order valence-corrected chi connectivity index (χ2v) is 5.69. The Kier molecular flexibility index (Phi) is 5.95. The SMILES string of the molecule is COc1ccnc(C(=O)NCC(C)(O)CCC(C)C)c1. The van der Waals surface area contributed by atoms with Crippen molar-refractivity contribution in [2.45, 2.75) is 39.2 Å². The van der Waals surface area contributed by atoms with E-state index in [0.29, 0.717) is 18.1 Å². The summed E-state index contributed by atoms with van der Waals surface area (Å²) in [6.45, 7) is 6.15. The van der Waals surface area contributed by atoms with Crippen LogP contribution in [0.1, 0.15) is 44.1 Å². The number of carbonyl (C=O) groups is 1. The van der Waals surface area contributed by atoms with E-state index >= 15 is 0 Å². The molecule has 0 fully saturated rings. The molecule has 20 heavy (non-hydrogen) atoms. The summed E-state index contributed by atoms with van der Waals surface area (Å²) < 4.78 is 5.05. The molecule has 0 bridgehead atoms. The number of nitrogens with one attached hydrogen (secondary N) is 1. The van der Waals surface area contributed by atoms with Crippen LogP contribution in [0.3, 0.4) is 0 Å². The van der Waals surface area contributed by atoms with Crippen LogP contribution in [0.25, 0.3) is 0 Å². The molecule has 1 aromatic rings. The molecule has 0 aliphatic heterocycles. The minimum Gasteiger partial charge on any atom is -0.497 e. The highest BCUT2D eigenvalue weighted by molar-refractivity contribution is 5.92. The molecule has 0 aliphatic carbocycles. The first-order valence-electron chi connectivity index (χ1n) is 6.84. The molecule has 1 aromatic heterocycles.